The molecule has 6 nitrogen and oxygen atoms in total. The summed E-state index contributed by atoms with van der Waals surface area (Å²) in [5.74, 6) is 2.40. The highest BCUT2D eigenvalue weighted by Gasteiger charge is 2.30. The van der Waals surface area contributed by atoms with Crippen LogP contribution in [-0.4, -0.2) is 43.8 Å². The molecule has 2 aliphatic rings. The molecule has 2 aromatic rings. The number of hydrogen-bond acceptors (Lipinski definition) is 4. The van der Waals surface area contributed by atoms with Crippen molar-refractivity contribution in [2.45, 2.75) is 25.8 Å². The molecule has 1 fully saturated rings. The van der Waals surface area contributed by atoms with Crippen molar-refractivity contribution in [3.05, 3.63) is 53.6 Å². The maximum absolute atomic E-state index is 12.7. The molecule has 1 unspecified atom stereocenters. The van der Waals surface area contributed by atoms with Crippen LogP contribution in [0.3, 0.4) is 0 Å². The molecule has 28 heavy (non-hydrogen) atoms. The molecule has 2 heterocycles. The first-order valence-corrected chi connectivity index (χ1v) is 9.85. The number of carbonyl (C=O) groups is 1. The van der Waals surface area contributed by atoms with Gasteiger partial charge in [0.1, 0.15) is 25.6 Å². The number of benzene rings is 2. The summed E-state index contributed by atoms with van der Waals surface area (Å²) >= 11 is 0. The molecule has 148 valence electrons. The van der Waals surface area contributed by atoms with Crippen LogP contribution in [0, 0.1) is 6.92 Å². The normalized spacial score (nSPS) is 18.0. The van der Waals surface area contributed by atoms with Crippen molar-refractivity contribution in [2.75, 3.05) is 32.9 Å². The lowest BCUT2D eigenvalue weighted by molar-refractivity contribution is 0.170. The van der Waals surface area contributed by atoms with Crippen molar-refractivity contribution in [1.82, 2.24) is 10.2 Å². The Balaban J connectivity index is 1.33. The van der Waals surface area contributed by atoms with Gasteiger partial charge in [0.2, 0.25) is 0 Å². The highest BCUT2D eigenvalue weighted by Crippen LogP contribution is 2.38. The first kappa shape index (κ1) is 18.5. The number of rotatable bonds is 5. The van der Waals surface area contributed by atoms with Gasteiger partial charge in [0.25, 0.3) is 0 Å². The number of aryl methyl sites for hydroxylation is 1. The number of para-hydroxylation sites is 1. The lowest BCUT2D eigenvalue weighted by Gasteiger charge is -2.27. The number of urea groups is 1. The highest BCUT2D eigenvalue weighted by atomic mass is 16.6. The smallest absolute Gasteiger partial charge is 0.318 e. The SMILES string of the molecule is Cc1ccccc1OCCNC(=O)N1CCCC1c1ccc2c(c1)OCCO2. The van der Waals surface area contributed by atoms with Crippen LogP contribution in [0.2, 0.25) is 0 Å². The molecular weight excluding hydrogens is 356 g/mol. The first-order chi connectivity index (χ1) is 13.7. The fourth-order valence-electron chi connectivity index (χ4n) is 3.76. The Hall–Kier alpha value is -2.89. The van der Waals surface area contributed by atoms with Crippen LogP contribution >= 0.6 is 0 Å². The van der Waals surface area contributed by atoms with Gasteiger partial charge in [-0.05, 0) is 49.1 Å². The van der Waals surface area contributed by atoms with E-state index >= 15 is 0 Å². The predicted octanol–water partition coefficient (Wildman–Crippen LogP) is 3.69. The second-order valence-electron chi connectivity index (χ2n) is 7.10. The molecule has 0 saturated carbocycles. The zero-order valence-corrected chi connectivity index (χ0v) is 16.1. The average molecular weight is 382 g/mol. The summed E-state index contributed by atoms with van der Waals surface area (Å²) in [7, 11) is 0. The highest BCUT2D eigenvalue weighted by molar-refractivity contribution is 5.75. The van der Waals surface area contributed by atoms with E-state index in [2.05, 4.69) is 5.32 Å². The number of fused-ring (bicyclic) bond motifs is 1. The Bertz CT molecular complexity index is 839. The van der Waals surface area contributed by atoms with Crippen molar-refractivity contribution in [2.24, 2.45) is 0 Å². The average Bonchev–Trinajstić information content (AvgIpc) is 3.22. The van der Waals surface area contributed by atoms with E-state index in [1.54, 1.807) is 0 Å². The summed E-state index contributed by atoms with van der Waals surface area (Å²) in [5.41, 5.74) is 2.18. The molecule has 0 radical (unpaired) electrons. The molecule has 0 bridgehead atoms. The standard InChI is InChI=1S/C22H26N2O4/c1-16-5-2-3-7-19(16)26-12-10-23-22(25)24-11-4-6-18(24)17-8-9-20-21(15-17)28-14-13-27-20/h2-3,5,7-9,15,18H,4,6,10-14H2,1H3,(H,23,25). The third-order valence-electron chi connectivity index (χ3n) is 5.19. The third kappa shape index (κ3) is 4.01. The fourth-order valence-corrected chi connectivity index (χ4v) is 3.76. The van der Waals surface area contributed by atoms with E-state index in [-0.39, 0.29) is 12.1 Å². The summed E-state index contributed by atoms with van der Waals surface area (Å²) in [6, 6.07) is 13.9. The Kier molecular flexibility index (Phi) is 5.55. The van der Waals surface area contributed by atoms with Crippen LogP contribution in [0.4, 0.5) is 4.79 Å². The van der Waals surface area contributed by atoms with Gasteiger partial charge in [0.05, 0.1) is 12.6 Å². The zero-order valence-electron chi connectivity index (χ0n) is 16.1. The first-order valence-electron chi connectivity index (χ1n) is 9.85. The number of nitrogens with zero attached hydrogens (tertiary/aromatic N) is 1. The summed E-state index contributed by atoms with van der Waals surface area (Å²) in [5, 5.41) is 2.98. The number of carbonyl (C=O) groups excluding carboxylic acids is 1. The minimum Gasteiger partial charge on any atom is -0.491 e. The molecule has 0 aromatic heterocycles. The molecule has 1 atom stereocenters. The van der Waals surface area contributed by atoms with Gasteiger partial charge >= 0.3 is 6.03 Å². The van der Waals surface area contributed by atoms with Crippen LogP contribution in [0.1, 0.15) is 30.0 Å². The van der Waals surface area contributed by atoms with Gasteiger partial charge in [-0.15, -0.1) is 0 Å². The maximum atomic E-state index is 12.7. The van der Waals surface area contributed by atoms with Crippen LogP contribution in [0.25, 0.3) is 0 Å². The minimum atomic E-state index is -0.0502. The lowest BCUT2D eigenvalue weighted by atomic mass is 10.0. The zero-order chi connectivity index (χ0) is 19.3. The van der Waals surface area contributed by atoms with Crippen LogP contribution < -0.4 is 19.5 Å². The number of amides is 2. The number of hydrogen-bond donors (Lipinski definition) is 1. The van der Waals surface area contributed by atoms with Gasteiger partial charge in [0.15, 0.2) is 11.5 Å². The van der Waals surface area contributed by atoms with Crippen LogP contribution in [0.5, 0.6) is 17.2 Å². The molecule has 2 aromatic carbocycles. The second-order valence-corrected chi connectivity index (χ2v) is 7.10. The summed E-state index contributed by atoms with van der Waals surface area (Å²) in [4.78, 5) is 14.6. The molecule has 0 aliphatic carbocycles. The second kappa shape index (κ2) is 8.42. The van der Waals surface area contributed by atoms with E-state index in [0.29, 0.717) is 26.4 Å². The summed E-state index contributed by atoms with van der Waals surface area (Å²) in [6.07, 6.45) is 1.94. The van der Waals surface area contributed by atoms with Gasteiger partial charge in [-0.1, -0.05) is 24.3 Å². The molecule has 2 amide bonds. The van der Waals surface area contributed by atoms with Crippen molar-refractivity contribution in [1.29, 1.82) is 0 Å². The Morgan fingerprint density at radius 1 is 1.18 bits per heavy atom. The van der Waals surface area contributed by atoms with E-state index < -0.39 is 0 Å². The van der Waals surface area contributed by atoms with Gasteiger partial charge in [-0.25, -0.2) is 4.79 Å². The largest absolute Gasteiger partial charge is 0.491 e. The van der Waals surface area contributed by atoms with Gasteiger partial charge in [0, 0.05) is 6.54 Å². The monoisotopic (exact) mass is 382 g/mol. The third-order valence-corrected chi connectivity index (χ3v) is 5.19. The summed E-state index contributed by atoms with van der Waals surface area (Å²) in [6.45, 7) is 4.82. The Labute approximate surface area is 165 Å². The minimum absolute atomic E-state index is 0.0502. The van der Waals surface area contributed by atoms with Gasteiger partial charge in [-0.2, -0.15) is 0 Å². The molecular formula is C22H26N2O4. The van der Waals surface area contributed by atoms with Crippen molar-refractivity contribution in [3.8, 4) is 17.2 Å². The molecule has 6 heteroatoms. The lowest BCUT2D eigenvalue weighted by Crippen LogP contribution is -2.41. The van der Waals surface area contributed by atoms with Gasteiger partial charge < -0.3 is 24.4 Å². The van der Waals surface area contributed by atoms with E-state index in [1.807, 2.05) is 54.3 Å². The van der Waals surface area contributed by atoms with Crippen LogP contribution in [-0.2, 0) is 0 Å². The molecule has 4 rings (SSSR count). The molecule has 0 spiro atoms. The molecule has 2 aliphatic heterocycles. The van der Waals surface area contributed by atoms with E-state index in [9.17, 15) is 4.79 Å². The predicted molar refractivity (Wildman–Crippen MR) is 106 cm³/mol. The topological polar surface area (TPSA) is 60.0 Å². The molecule has 1 saturated heterocycles. The number of nitrogens with one attached hydrogen (secondary N) is 1. The van der Waals surface area contributed by atoms with Crippen molar-refractivity contribution < 1.29 is 19.0 Å². The summed E-state index contributed by atoms with van der Waals surface area (Å²) < 4.78 is 17.0. The van der Waals surface area contributed by atoms with Gasteiger partial charge in [-0.3, -0.25) is 0 Å². The molecule has 1 N–H and O–H groups in total. The van der Waals surface area contributed by atoms with Crippen molar-refractivity contribution >= 4 is 6.03 Å². The van der Waals surface area contributed by atoms with E-state index in [4.69, 9.17) is 14.2 Å². The Morgan fingerprint density at radius 2 is 2.00 bits per heavy atom. The fraction of sp³-hybridized carbons (Fsp3) is 0.409. The maximum Gasteiger partial charge on any atom is 0.318 e. The van der Waals surface area contributed by atoms with Crippen LogP contribution in [0.15, 0.2) is 42.5 Å². The number of likely N-dealkylation sites (tertiary alicyclic amines) is 1. The van der Waals surface area contributed by atoms with E-state index in [1.165, 1.54) is 0 Å². The Morgan fingerprint density at radius 3 is 2.86 bits per heavy atom. The van der Waals surface area contributed by atoms with Crippen molar-refractivity contribution in [3.63, 3.8) is 0 Å². The van der Waals surface area contributed by atoms with E-state index in [0.717, 1.165) is 47.8 Å². The number of ether oxygens (including phenoxy) is 3. The quantitative estimate of drug-likeness (QED) is 0.801.